The fraction of sp³-hybridized carbons (Fsp3) is 1.00. The molecule has 0 N–H and O–H groups in total. The lowest BCUT2D eigenvalue weighted by atomic mass is 10.2. The van der Waals surface area contributed by atoms with E-state index in [1.807, 2.05) is 0 Å². The van der Waals surface area contributed by atoms with Crippen LogP contribution in [0.3, 0.4) is 0 Å². The first-order valence-corrected chi connectivity index (χ1v) is 4.60. The van der Waals surface area contributed by atoms with Gasteiger partial charge in [0.05, 0.1) is 5.21 Å². The van der Waals surface area contributed by atoms with E-state index in [-0.39, 0.29) is 0 Å². The SMILES string of the molecule is CC(C)CCSCCl. The Labute approximate surface area is 61.0 Å². The van der Waals surface area contributed by atoms with Crippen molar-refractivity contribution in [2.24, 2.45) is 5.92 Å². The van der Waals surface area contributed by atoms with Crippen LogP contribution < -0.4 is 0 Å². The van der Waals surface area contributed by atoms with Crippen molar-refractivity contribution in [3.05, 3.63) is 0 Å². The van der Waals surface area contributed by atoms with E-state index in [9.17, 15) is 0 Å². The minimum atomic E-state index is 0.743. The first-order valence-electron chi connectivity index (χ1n) is 2.91. The highest BCUT2D eigenvalue weighted by molar-refractivity contribution is 8.00. The molecule has 0 saturated carbocycles. The van der Waals surface area contributed by atoms with Crippen LogP contribution in [0.2, 0.25) is 0 Å². The molecule has 0 aromatic carbocycles. The zero-order chi connectivity index (χ0) is 6.41. The predicted octanol–water partition coefficient (Wildman–Crippen LogP) is 2.96. The van der Waals surface area contributed by atoms with Crippen molar-refractivity contribution >= 4 is 23.4 Å². The van der Waals surface area contributed by atoms with Crippen molar-refractivity contribution in [1.82, 2.24) is 0 Å². The van der Waals surface area contributed by atoms with E-state index in [0.717, 1.165) is 11.1 Å². The van der Waals surface area contributed by atoms with Gasteiger partial charge in [-0.3, -0.25) is 0 Å². The van der Waals surface area contributed by atoms with Gasteiger partial charge in [-0.15, -0.1) is 23.4 Å². The Morgan fingerprint density at radius 2 is 2.12 bits per heavy atom. The standard InChI is InChI=1S/C6H13ClS/c1-6(2)3-4-8-5-7/h6H,3-5H2,1-2H3. The average molecular weight is 153 g/mol. The molecule has 0 atom stereocenters. The van der Waals surface area contributed by atoms with Crippen LogP contribution in [0.4, 0.5) is 0 Å². The van der Waals surface area contributed by atoms with Crippen molar-refractivity contribution in [3.63, 3.8) is 0 Å². The van der Waals surface area contributed by atoms with Crippen LogP contribution >= 0.6 is 23.4 Å². The summed E-state index contributed by atoms with van der Waals surface area (Å²) < 4.78 is 0. The first kappa shape index (κ1) is 8.64. The van der Waals surface area contributed by atoms with Crippen LogP contribution in [0.5, 0.6) is 0 Å². The number of hydrogen-bond donors (Lipinski definition) is 0. The molecule has 0 spiro atoms. The maximum Gasteiger partial charge on any atom is 0.0680 e. The monoisotopic (exact) mass is 152 g/mol. The zero-order valence-electron chi connectivity index (χ0n) is 5.48. The molecule has 0 heterocycles. The van der Waals surface area contributed by atoms with Crippen molar-refractivity contribution in [2.75, 3.05) is 11.0 Å². The van der Waals surface area contributed by atoms with Gasteiger partial charge in [0.1, 0.15) is 0 Å². The summed E-state index contributed by atoms with van der Waals surface area (Å²) >= 11 is 7.25. The second kappa shape index (κ2) is 5.77. The van der Waals surface area contributed by atoms with Crippen molar-refractivity contribution in [1.29, 1.82) is 0 Å². The summed E-state index contributed by atoms with van der Waals surface area (Å²) in [6.45, 7) is 4.46. The van der Waals surface area contributed by atoms with E-state index in [0.29, 0.717) is 0 Å². The Hall–Kier alpha value is 0.640. The van der Waals surface area contributed by atoms with E-state index in [1.54, 1.807) is 11.8 Å². The second-order valence-electron chi connectivity index (χ2n) is 2.20. The van der Waals surface area contributed by atoms with Gasteiger partial charge in [0.15, 0.2) is 0 Å². The van der Waals surface area contributed by atoms with Gasteiger partial charge in [0.25, 0.3) is 0 Å². The summed E-state index contributed by atoms with van der Waals surface area (Å²) in [5, 5.41) is 0.743. The van der Waals surface area contributed by atoms with Crippen LogP contribution in [0.25, 0.3) is 0 Å². The van der Waals surface area contributed by atoms with E-state index in [4.69, 9.17) is 11.6 Å². The third-order valence-corrected chi connectivity index (χ3v) is 2.06. The first-order chi connectivity index (χ1) is 3.77. The van der Waals surface area contributed by atoms with Gasteiger partial charge in [0, 0.05) is 0 Å². The molecular weight excluding hydrogens is 140 g/mol. The van der Waals surface area contributed by atoms with Crippen molar-refractivity contribution in [2.45, 2.75) is 20.3 Å². The second-order valence-corrected chi connectivity index (χ2v) is 3.89. The van der Waals surface area contributed by atoms with Gasteiger partial charge in [0.2, 0.25) is 0 Å². The summed E-state index contributed by atoms with van der Waals surface area (Å²) in [6.07, 6.45) is 1.29. The number of rotatable bonds is 4. The number of thioether (sulfide) groups is 1. The smallest absolute Gasteiger partial charge is 0.0680 e. The van der Waals surface area contributed by atoms with Gasteiger partial charge < -0.3 is 0 Å². The summed E-state index contributed by atoms with van der Waals surface area (Å²) in [5.41, 5.74) is 0. The lowest BCUT2D eigenvalue weighted by molar-refractivity contribution is 0.632. The van der Waals surface area contributed by atoms with E-state index >= 15 is 0 Å². The van der Waals surface area contributed by atoms with Crippen LogP contribution in [0.15, 0.2) is 0 Å². The quantitative estimate of drug-likeness (QED) is 0.441. The molecule has 0 unspecified atom stereocenters. The molecule has 0 aromatic rings. The Morgan fingerprint density at radius 1 is 1.50 bits per heavy atom. The number of hydrogen-bond acceptors (Lipinski definition) is 1. The van der Waals surface area contributed by atoms with Crippen LogP contribution in [-0.2, 0) is 0 Å². The zero-order valence-corrected chi connectivity index (χ0v) is 7.06. The van der Waals surface area contributed by atoms with Crippen LogP contribution in [0.1, 0.15) is 20.3 Å². The molecule has 0 aliphatic heterocycles. The molecule has 0 bridgehead atoms. The van der Waals surface area contributed by atoms with Gasteiger partial charge in [-0.1, -0.05) is 13.8 Å². The Bertz CT molecular complexity index is 45.8. The Kier molecular flexibility index (Phi) is 6.23. The maximum absolute atomic E-state index is 5.45. The fourth-order valence-electron chi connectivity index (χ4n) is 0.374. The van der Waals surface area contributed by atoms with Gasteiger partial charge in [-0.25, -0.2) is 0 Å². The van der Waals surface area contributed by atoms with Crippen molar-refractivity contribution in [3.8, 4) is 0 Å². The van der Waals surface area contributed by atoms with Crippen molar-refractivity contribution < 1.29 is 0 Å². The highest BCUT2D eigenvalue weighted by Crippen LogP contribution is 2.08. The molecule has 2 heteroatoms. The summed E-state index contributed by atoms with van der Waals surface area (Å²) in [5.74, 6) is 2.03. The molecule has 0 fully saturated rings. The lowest BCUT2D eigenvalue weighted by Crippen LogP contribution is -1.88. The molecule has 0 saturated heterocycles. The number of halogens is 1. The molecular formula is C6H13ClS. The van der Waals surface area contributed by atoms with Crippen LogP contribution in [-0.4, -0.2) is 11.0 Å². The summed E-state index contributed by atoms with van der Waals surface area (Å²) in [6, 6.07) is 0. The molecule has 0 aliphatic carbocycles. The largest absolute Gasteiger partial charge is 0.146 e. The van der Waals surface area contributed by atoms with Crippen LogP contribution in [0, 0.1) is 5.92 Å². The highest BCUT2D eigenvalue weighted by Gasteiger charge is 1.91. The molecule has 0 aromatic heterocycles. The minimum absolute atomic E-state index is 0.743. The molecule has 0 aliphatic rings. The minimum Gasteiger partial charge on any atom is -0.146 e. The lowest BCUT2D eigenvalue weighted by Gasteiger charge is -2.00. The van der Waals surface area contributed by atoms with Gasteiger partial charge in [-0.05, 0) is 18.1 Å². The molecule has 8 heavy (non-hydrogen) atoms. The van der Waals surface area contributed by atoms with Gasteiger partial charge >= 0.3 is 0 Å². The maximum atomic E-state index is 5.45. The third kappa shape index (κ3) is 6.64. The molecule has 0 radical (unpaired) electrons. The number of alkyl halides is 1. The van der Waals surface area contributed by atoms with E-state index in [1.165, 1.54) is 12.2 Å². The van der Waals surface area contributed by atoms with E-state index < -0.39 is 0 Å². The molecule has 0 nitrogen and oxygen atoms in total. The Morgan fingerprint density at radius 3 is 2.50 bits per heavy atom. The topological polar surface area (TPSA) is 0 Å². The average Bonchev–Trinajstić information content (AvgIpc) is 1.66. The fourth-order valence-corrected chi connectivity index (χ4v) is 1.45. The molecule has 0 amide bonds. The summed E-state index contributed by atoms with van der Waals surface area (Å²) in [4.78, 5) is 0. The molecule has 0 rings (SSSR count). The third-order valence-electron chi connectivity index (χ3n) is 0.917. The summed E-state index contributed by atoms with van der Waals surface area (Å²) in [7, 11) is 0. The molecule has 50 valence electrons. The van der Waals surface area contributed by atoms with E-state index in [2.05, 4.69) is 13.8 Å². The predicted molar refractivity (Wildman–Crippen MR) is 42.6 cm³/mol. The normalized spacial score (nSPS) is 10.5. The Balaban J connectivity index is 2.72. The highest BCUT2D eigenvalue weighted by atomic mass is 35.5. The van der Waals surface area contributed by atoms with Gasteiger partial charge in [-0.2, -0.15) is 0 Å².